The maximum absolute atomic E-state index is 12.2. The number of carbonyl (C=O) groups excluding carboxylic acids is 2. The maximum atomic E-state index is 12.2. The zero-order valence-electron chi connectivity index (χ0n) is 21.2. The van der Waals surface area contributed by atoms with E-state index in [4.69, 9.17) is 15.2 Å². The van der Waals surface area contributed by atoms with Crippen LogP contribution in [0, 0.1) is 6.92 Å². The van der Waals surface area contributed by atoms with Gasteiger partial charge in [0, 0.05) is 38.9 Å². The van der Waals surface area contributed by atoms with Crippen molar-refractivity contribution in [3.05, 3.63) is 48.0 Å². The summed E-state index contributed by atoms with van der Waals surface area (Å²) >= 11 is 1.74. The van der Waals surface area contributed by atoms with E-state index in [1.807, 2.05) is 14.1 Å². The Balaban J connectivity index is 1.54. The van der Waals surface area contributed by atoms with E-state index in [1.165, 1.54) is 10.3 Å². The third-order valence-corrected chi connectivity index (χ3v) is 6.64. The zero-order chi connectivity index (χ0) is 25.9. The molecule has 10 heteroatoms. The van der Waals surface area contributed by atoms with E-state index in [-0.39, 0.29) is 25.0 Å². The van der Waals surface area contributed by atoms with Crippen molar-refractivity contribution in [2.45, 2.75) is 13.5 Å². The molecule has 0 aliphatic carbocycles. The first-order valence-electron chi connectivity index (χ1n) is 12.0. The van der Waals surface area contributed by atoms with Gasteiger partial charge in [0.1, 0.15) is 17.9 Å². The lowest BCUT2D eigenvalue weighted by Gasteiger charge is -2.11. The fourth-order valence-electron chi connectivity index (χ4n) is 3.63. The van der Waals surface area contributed by atoms with Crippen LogP contribution in [0.5, 0.6) is 0 Å². The first-order chi connectivity index (χ1) is 17.4. The molecule has 0 atom stereocenters. The first-order valence-corrected chi connectivity index (χ1v) is 12.8. The molecule has 1 aromatic heterocycles. The second-order valence-corrected chi connectivity index (χ2v) is 9.60. The Kier molecular flexibility index (Phi) is 10.6. The van der Waals surface area contributed by atoms with Crippen molar-refractivity contribution >= 4 is 39.1 Å². The summed E-state index contributed by atoms with van der Waals surface area (Å²) in [6.07, 6.45) is 0. The molecule has 0 spiro atoms. The van der Waals surface area contributed by atoms with Crippen molar-refractivity contribution in [2.24, 2.45) is 5.73 Å². The Hall–Kier alpha value is -3.05. The average Bonchev–Trinajstić information content (AvgIpc) is 3.21. The third-order valence-electron chi connectivity index (χ3n) is 5.44. The Bertz CT molecular complexity index is 1150. The van der Waals surface area contributed by atoms with Crippen LogP contribution >= 0.6 is 11.3 Å². The third kappa shape index (κ3) is 7.99. The lowest BCUT2D eigenvalue weighted by molar-refractivity contribution is -0.654. The van der Waals surface area contributed by atoms with E-state index in [1.54, 1.807) is 11.3 Å². The molecule has 2 amide bonds. The predicted octanol–water partition coefficient (Wildman–Crippen LogP) is 1.45. The fraction of sp³-hybridized carbons (Fsp3) is 0.423. The van der Waals surface area contributed by atoms with Gasteiger partial charge in [-0.05, 0) is 42.8 Å². The SMILES string of the molecule is Cc1ccc2c(c1)sc(-c1ccc(N(C)C)cc1)[n+]2CCNC(=O)COCC(=O)NCCOCCN. The van der Waals surface area contributed by atoms with Gasteiger partial charge in [-0.1, -0.05) is 17.4 Å². The van der Waals surface area contributed by atoms with Gasteiger partial charge in [-0.3, -0.25) is 9.59 Å². The number of anilines is 1. The van der Waals surface area contributed by atoms with Crippen LogP contribution in [0.4, 0.5) is 5.69 Å². The standard InChI is InChI=1S/C26H35N5O4S/c1-19-4-9-22-23(16-19)36-26(20-5-7-21(8-6-20)30(2)3)31(22)13-11-28-24(32)17-35-18-25(33)29-12-15-34-14-10-27/h4-9,16H,10-15,17-18,27H2,1-3H3,(H-,28,29,32,33)/p+1. The second-order valence-electron chi connectivity index (χ2n) is 8.57. The molecule has 4 N–H and O–H groups in total. The number of carbonyl (C=O) groups is 2. The number of fused-ring (bicyclic) bond motifs is 1. The summed E-state index contributed by atoms with van der Waals surface area (Å²) in [4.78, 5) is 26.1. The molecule has 0 fully saturated rings. The Morgan fingerprint density at radius 1 is 0.972 bits per heavy atom. The highest BCUT2D eigenvalue weighted by atomic mass is 32.1. The van der Waals surface area contributed by atoms with Crippen molar-refractivity contribution in [1.29, 1.82) is 0 Å². The van der Waals surface area contributed by atoms with E-state index in [0.717, 1.165) is 21.8 Å². The Labute approximate surface area is 216 Å². The molecule has 194 valence electrons. The number of aryl methyl sites for hydroxylation is 1. The molecule has 0 unspecified atom stereocenters. The largest absolute Gasteiger partial charge is 0.378 e. The number of amides is 2. The van der Waals surface area contributed by atoms with Crippen molar-refractivity contribution in [2.75, 3.05) is 65.1 Å². The zero-order valence-corrected chi connectivity index (χ0v) is 22.0. The van der Waals surface area contributed by atoms with Gasteiger partial charge in [0.25, 0.3) is 5.01 Å². The number of nitrogens with two attached hydrogens (primary N) is 1. The summed E-state index contributed by atoms with van der Waals surface area (Å²) in [5, 5.41) is 6.69. The molecule has 3 aromatic rings. The van der Waals surface area contributed by atoms with Crippen LogP contribution in [-0.4, -0.2) is 72.0 Å². The number of hydrogen-bond donors (Lipinski definition) is 3. The van der Waals surface area contributed by atoms with Crippen LogP contribution in [0.15, 0.2) is 42.5 Å². The molecule has 1 heterocycles. The molecular weight excluding hydrogens is 478 g/mol. The normalized spacial score (nSPS) is 11.0. The summed E-state index contributed by atoms with van der Waals surface area (Å²) in [5.41, 5.74) is 9.95. The molecule has 36 heavy (non-hydrogen) atoms. The van der Waals surface area contributed by atoms with Gasteiger partial charge in [0.05, 0.1) is 25.3 Å². The van der Waals surface area contributed by atoms with Gasteiger partial charge < -0.3 is 30.7 Å². The highest BCUT2D eigenvalue weighted by molar-refractivity contribution is 7.21. The fourth-order valence-corrected chi connectivity index (χ4v) is 4.92. The average molecular weight is 515 g/mol. The van der Waals surface area contributed by atoms with E-state index in [2.05, 4.69) is 69.5 Å². The smallest absolute Gasteiger partial charge is 0.270 e. The minimum atomic E-state index is -0.292. The van der Waals surface area contributed by atoms with Crippen molar-refractivity contribution < 1.29 is 23.6 Å². The molecule has 3 rings (SSSR count). The minimum absolute atomic E-state index is 0.176. The lowest BCUT2D eigenvalue weighted by atomic mass is 10.2. The summed E-state index contributed by atoms with van der Waals surface area (Å²) in [6.45, 7) is 4.45. The molecule has 2 aromatic carbocycles. The predicted molar refractivity (Wildman–Crippen MR) is 143 cm³/mol. The molecule has 0 saturated heterocycles. The van der Waals surface area contributed by atoms with Crippen molar-refractivity contribution in [3.8, 4) is 10.6 Å². The van der Waals surface area contributed by atoms with E-state index < -0.39 is 0 Å². The summed E-state index contributed by atoms with van der Waals surface area (Å²) < 4.78 is 13.9. The minimum Gasteiger partial charge on any atom is -0.378 e. The highest BCUT2D eigenvalue weighted by Gasteiger charge is 2.22. The molecular formula is C26H36N5O4S+. The van der Waals surface area contributed by atoms with Gasteiger partial charge >= 0.3 is 0 Å². The topological polar surface area (TPSA) is 110 Å². The lowest BCUT2D eigenvalue weighted by Crippen LogP contribution is -2.42. The molecule has 9 nitrogen and oxygen atoms in total. The first kappa shape index (κ1) is 27.5. The number of benzene rings is 2. The maximum Gasteiger partial charge on any atom is 0.270 e. The van der Waals surface area contributed by atoms with Crippen molar-refractivity contribution in [3.63, 3.8) is 0 Å². The quantitative estimate of drug-likeness (QED) is 0.222. The number of nitrogens with zero attached hydrogens (tertiary/aromatic N) is 2. The molecule has 0 saturated carbocycles. The van der Waals surface area contributed by atoms with Gasteiger partial charge in [-0.15, -0.1) is 0 Å². The van der Waals surface area contributed by atoms with E-state index in [0.29, 0.717) is 39.4 Å². The Morgan fingerprint density at radius 2 is 1.67 bits per heavy atom. The summed E-state index contributed by atoms with van der Waals surface area (Å²) in [5.74, 6) is -0.554. The van der Waals surface area contributed by atoms with Gasteiger partial charge in [-0.2, -0.15) is 4.57 Å². The number of rotatable bonds is 14. The number of nitrogens with one attached hydrogen (secondary N) is 2. The number of thiazole rings is 1. The number of hydrogen-bond acceptors (Lipinski definition) is 7. The second kappa shape index (κ2) is 13.9. The Morgan fingerprint density at radius 3 is 2.33 bits per heavy atom. The number of aromatic nitrogens is 1. The van der Waals surface area contributed by atoms with Gasteiger partial charge in [0.15, 0.2) is 6.54 Å². The summed E-state index contributed by atoms with van der Waals surface area (Å²) in [7, 11) is 4.05. The van der Waals surface area contributed by atoms with Crippen LogP contribution < -0.4 is 25.8 Å². The molecule has 0 aliphatic rings. The van der Waals surface area contributed by atoms with Gasteiger partial charge in [0.2, 0.25) is 17.3 Å². The monoisotopic (exact) mass is 514 g/mol. The molecule has 0 bridgehead atoms. The summed E-state index contributed by atoms with van der Waals surface area (Å²) in [6, 6.07) is 14.9. The molecule has 0 aliphatic heterocycles. The number of ether oxygens (including phenoxy) is 2. The molecule has 0 radical (unpaired) electrons. The van der Waals surface area contributed by atoms with Crippen LogP contribution in [0.1, 0.15) is 5.56 Å². The van der Waals surface area contributed by atoms with E-state index in [9.17, 15) is 9.59 Å². The highest BCUT2D eigenvalue weighted by Crippen LogP contribution is 2.30. The van der Waals surface area contributed by atoms with Crippen LogP contribution in [0.2, 0.25) is 0 Å². The van der Waals surface area contributed by atoms with Crippen molar-refractivity contribution in [1.82, 2.24) is 10.6 Å². The van der Waals surface area contributed by atoms with Gasteiger partial charge in [-0.25, -0.2) is 0 Å². The van der Waals surface area contributed by atoms with E-state index >= 15 is 0 Å². The van der Waals surface area contributed by atoms with Crippen LogP contribution in [-0.2, 0) is 25.6 Å². The van der Waals surface area contributed by atoms with Crippen LogP contribution in [0.3, 0.4) is 0 Å². The van der Waals surface area contributed by atoms with Crippen LogP contribution in [0.25, 0.3) is 20.8 Å².